The Morgan fingerprint density at radius 3 is 2.57 bits per heavy atom. The van der Waals surface area contributed by atoms with Gasteiger partial charge in [-0.1, -0.05) is 33.1 Å². The van der Waals surface area contributed by atoms with Crippen molar-refractivity contribution in [3.05, 3.63) is 0 Å². The molecule has 1 aliphatic carbocycles. The lowest BCUT2D eigenvalue weighted by molar-refractivity contribution is 0.160. The molecule has 2 aliphatic rings. The molecule has 0 radical (unpaired) electrons. The third kappa shape index (κ3) is 1.98. The van der Waals surface area contributed by atoms with Crippen molar-refractivity contribution >= 4 is 0 Å². The van der Waals surface area contributed by atoms with Crippen LogP contribution in [0.1, 0.15) is 52.4 Å². The lowest BCUT2D eigenvalue weighted by Gasteiger charge is -2.36. The van der Waals surface area contributed by atoms with Gasteiger partial charge in [0.2, 0.25) is 0 Å². The van der Waals surface area contributed by atoms with E-state index in [1.165, 1.54) is 45.1 Å². The number of hydrogen-bond acceptors (Lipinski definition) is 1. The van der Waals surface area contributed by atoms with E-state index in [0.717, 1.165) is 23.8 Å². The molecule has 1 heteroatoms. The molecule has 1 saturated heterocycles. The minimum atomic E-state index is 0.834. The highest BCUT2D eigenvalue weighted by Crippen LogP contribution is 2.39. The maximum absolute atomic E-state index is 3.67. The fourth-order valence-electron chi connectivity index (χ4n) is 3.73. The van der Waals surface area contributed by atoms with Crippen molar-refractivity contribution in [1.29, 1.82) is 0 Å². The van der Waals surface area contributed by atoms with E-state index < -0.39 is 0 Å². The van der Waals surface area contributed by atoms with Crippen molar-refractivity contribution in [2.45, 2.75) is 58.4 Å². The first kappa shape index (κ1) is 10.5. The van der Waals surface area contributed by atoms with Gasteiger partial charge in [0.05, 0.1) is 0 Å². The molecule has 82 valence electrons. The Kier molecular flexibility index (Phi) is 3.48. The molecule has 0 bridgehead atoms. The maximum atomic E-state index is 3.67. The van der Waals surface area contributed by atoms with Crippen LogP contribution >= 0.6 is 0 Å². The minimum Gasteiger partial charge on any atom is -0.314 e. The summed E-state index contributed by atoms with van der Waals surface area (Å²) >= 11 is 0. The third-order valence-corrected chi connectivity index (χ3v) is 4.57. The van der Waals surface area contributed by atoms with Crippen molar-refractivity contribution in [3.63, 3.8) is 0 Å². The molecule has 0 aromatic heterocycles. The van der Waals surface area contributed by atoms with Crippen molar-refractivity contribution in [1.82, 2.24) is 5.32 Å². The van der Waals surface area contributed by atoms with Crippen LogP contribution in [-0.4, -0.2) is 12.6 Å². The average molecular weight is 195 g/mol. The van der Waals surface area contributed by atoms with Gasteiger partial charge in [0, 0.05) is 6.04 Å². The molecular weight excluding hydrogens is 170 g/mol. The molecule has 0 aromatic rings. The van der Waals surface area contributed by atoms with E-state index in [4.69, 9.17) is 0 Å². The molecule has 1 aliphatic heterocycles. The first-order valence-corrected chi connectivity index (χ1v) is 6.56. The Balaban J connectivity index is 1.97. The van der Waals surface area contributed by atoms with Crippen LogP contribution in [0.2, 0.25) is 0 Å². The molecule has 4 atom stereocenters. The second-order valence-corrected chi connectivity index (χ2v) is 5.35. The first-order valence-electron chi connectivity index (χ1n) is 6.56. The summed E-state index contributed by atoms with van der Waals surface area (Å²) in [7, 11) is 0. The predicted octanol–water partition coefficient (Wildman–Crippen LogP) is 3.20. The Morgan fingerprint density at radius 2 is 1.86 bits per heavy atom. The summed E-state index contributed by atoms with van der Waals surface area (Å²) in [6.07, 6.45) is 8.72. The van der Waals surface area contributed by atoms with Crippen LogP contribution in [-0.2, 0) is 0 Å². The van der Waals surface area contributed by atoms with Crippen LogP contribution in [0.4, 0.5) is 0 Å². The van der Waals surface area contributed by atoms with Crippen LogP contribution in [0.15, 0.2) is 0 Å². The van der Waals surface area contributed by atoms with E-state index in [2.05, 4.69) is 19.2 Å². The number of hydrogen-bond donors (Lipinski definition) is 1. The smallest absolute Gasteiger partial charge is 0.00959 e. The standard InChI is InChI=1S/C13H25N/c1-3-13-12(8-9-14-13)11-7-5-4-6-10(11)2/h10-14H,3-9H2,1-2H3. The molecule has 2 fully saturated rings. The van der Waals surface area contributed by atoms with Crippen LogP contribution in [0.5, 0.6) is 0 Å². The highest BCUT2D eigenvalue weighted by atomic mass is 15.0. The fraction of sp³-hybridized carbons (Fsp3) is 1.00. The molecule has 2 rings (SSSR count). The van der Waals surface area contributed by atoms with E-state index in [1.807, 2.05) is 0 Å². The molecule has 1 saturated carbocycles. The SMILES string of the molecule is CCC1NCCC1C1CCCCC1C. The number of rotatable bonds is 2. The Bertz CT molecular complexity index is 178. The highest BCUT2D eigenvalue weighted by molar-refractivity contribution is 4.90. The van der Waals surface area contributed by atoms with Crippen molar-refractivity contribution in [2.75, 3.05) is 6.54 Å². The highest BCUT2D eigenvalue weighted by Gasteiger charge is 2.35. The molecule has 4 unspecified atom stereocenters. The van der Waals surface area contributed by atoms with Gasteiger partial charge in [-0.15, -0.1) is 0 Å². The lowest BCUT2D eigenvalue weighted by Crippen LogP contribution is -2.34. The van der Waals surface area contributed by atoms with E-state index in [0.29, 0.717) is 0 Å². The zero-order chi connectivity index (χ0) is 9.97. The first-order chi connectivity index (χ1) is 6.83. The van der Waals surface area contributed by atoms with Crippen molar-refractivity contribution in [3.8, 4) is 0 Å². The molecule has 1 N–H and O–H groups in total. The molecule has 1 heterocycles. The van der Waals surface area contributed by atoms with Crippen LogP contribution < -0.4 is 5.32 Å². The second-order valence-electron chi connectivity index (χ2n) is 5.35. The van der Waals surface area contributed by atoms with Gasteiger partial charge in [-0.25, -0.2) is 0 Å². The molecule has 0 aromatic carbocycles. The van der Waals surface area contributed by atoms with Gasteiger partial charge in [0.25, 0.3) is 0 Å². The van der Waals surface area contributed by atoms with Crippen LogP contribution in [0.25, 0.3) is 0 Å². The van der Waals surface area contributed by atoms with Gasteiger partial charge in [0.15, 0.2) is 0 Å². The number of nitrogens with one attached hydrogen (secondary N) is 1. The molecule has 0 amide bonds. The predicted molar refractivity (Wildman–Crippen MR) is 61.3 cm³/mol. The van der Waals surface area contributed by atoms with Crippen LogP contribution in [0.3, 0.4) is 0 Å². The minimum absolute atomic E-state index is 0.834. The van der Waals surface area contributed by atoms with Gasteiger partial charge in [-0.2, -0.15) is 0 Å². The van der Waals surface area contributed by atoms with Crippen molar-refractivity contribution < 1.29 is 0 Å². The van der Waals surface area contributed by atoms with Gasteiger partial charge < -0.3 is 5.32 Å². The Hall–Kier alpha value is -0.0400. The molecule has 14 heavy (non-hydrogen) atoms. The summed E-state index contributed by atoms with van der Waals surface area (Å²) in [4.78, 5) is 0. The summed E-state index contributed by atoms with van der Waals surface area (Å²) in [5.74, 6) is 3.02. The maximum Gasteiger partial charge on any atom is 0.00959 e. The fourth-order valence-corrected chi connectivity index (χ4v) is 3.73. The van der Waals surface area contributed by atoms with E-state index in [9.17, 15) is 0 Å². The zero-order valence-corrected chi connectivity index (χ0v) is 9.76. The second kappa shape index (κ2) is 4.65. The molecule has 1 nitrogen and oxygen atoms in total. The quantitative estimate of drug-likeness (QED) is 0.713. The molecular formula is C13H25N. The summed E-state index contributed by atoms with van der Waals surface area (Å²) in [5.41, 5.74) is 0. The monoisotopic (exact) mass is 195 g/mol. The Morgan fingerprint density at radius 1 is 1.07 bits per heavy atom. The van der Waals surface area contributed by atoms with Gasteiger partial charge >= 0.3 is 0 Å². The topological polar surface area (TPSA) is 12.0 Å². The van der Waals surface area contributed by atoms with Crippen LogP contribution in [0, 0.1) is 17.8 Å². The third-order valence-electron chi connectivity index (χ3n) is 4.57. The lowest BCUT2D eigenvalue weighted by atomic mass is 9.70. The zero-order valence-electron chi connectivity index (χ0n) is 9.76. The molecule has 0 spiro atoms. The summed E-state index contributed by atoms with van der Waals surface area (Å²) in [5, 5.41) is 3.67. The summed E-state index contributed by atoms with van der Waals surface area (Å²) in [6, 6.07) is 0.834. The van der Waals surface area contributed by atoms with E-state index >= 15 is 0 Å². The average Bonchev–Trinajstić information content (AvgIpc) is 2.66. The van der Waals surface area contributed by atoms with Crippen molar-refractivity contribution in [2.24, 2.45) is 17.8 Å². The largest absolute Gasteiger partial charge is 0.314 e. The summed E-state index contributed by atoms with van der Waals surface area (Å²) < 4.78 is 0. The summed E-state index contributed by atoms with van der Waals surface area (Å²) in [6.45, 7) is 6.09. The van der Waals surface area contributed by atoms with E-state index in [-0.39, 0.29) is 0 Å². The van der Waals surface area contributed by atoms with Gasteiger partial charge in [0.1, 0.15) is 0 Å². The normalized spacial score (nSPS) is 44.1. The Labute approximate surface area is 88.7 Å². The van der Waals surface area contributed by atoms with Gasteiger partial charge in [-0.3, -0.25) is 0 Å². The van der Waals surface area contributed by atoms with E-state index in [1.54, 1.807) is 0 Å². The van der Waals surface area contributed by atoms with Gasteiger partial charge in [-0.05, 0) is 43.6 Å².